The molecule has 8 heteroatoms. The van der Waals surface area contributed by atoms with Gasteiger partial charge in [-0.1, -0.05) is 12.1 Å². The second-order valence-corrected chi connectivity index (χ2v) is 5.11. The second-order valence-electron chi connectivity index (χ2n) is 5.11. The molecular formula is C17H29FIN3O3. The first-order chi connectivity index (χ1) is 11.7. The summed E-state index contributed by atoms with van der Waals surface area (Å²) in [5.41, 5.74) is 0.911. The molecule has 25 heavy (non-hydrogen) atoms. The van der Waals surface area contributed by atoms with Crippen LogP contribution >= 0.6 is 24.0 Å². The molecule has 6 nitrogen and oxygen atoms in total. The number of halogens is 2. The molecule has 0 amide bonds. The van der Waals surface area contributed by atoms with Gasteiger partial charge in [-0.25, -0.2) is 4.39 Å². The lowest BCUT2D eigenvalue weighted by Crippen LogP contribution is -2.40. The fourth-order valence-corrected chi connectivity index (χ4v) is 2.05. The Kier molecular flexibility index (Phi) is 14.7. The first-order valence-corrected chi connectivity index (χ1v) is 8.00. The normalized spacial score (nSPS) is 12.4. The number of guanidine groups is 1. The van der Waals surface area contributed by atoms with Gasteiger partial charge in [0, 0.05) is 41.0 Å². The molecule has 0 bridgehead atoms. The van der Waals surface area contributed by atoms with Crippen molar-refractivity contribution >= 4 is 29.9 Å². The van der Waals surface area contributed by atoms with Crippen LogP contribution in [0.4, 0.5) is 4.39 Å². The van der Waals surface area contributed by atoms with Gasteiger partial charge in [-0.05, 0) is 24.1 Å². The van der Waals surface area contributed by atoms with Crippen molar-refractivity contribution in [1.82, 2.24) is 10.6 Å². The van der Waals surface area contributed by atoms with E-state index < -0.39 is 0 Å². The Morgan fingerprint density at radius 2 is 1.84 bits per heavy atom. The number of ether oxygens (including phenoxy) is 3. The van der Waals surface area contributed by atoms with E-state index in [1.807, 2.05) is 0 Å². The molecule has 1 aromatic carbocycles. The summed E-state index contributed by atoms with van der Waals surface area (Å²) in [7, 11) is 4.99. The lowest BCUT2D eigenvalue weighted by Gasteiger charge is -2.18. The minimum absolute atomic E-state index is 0. The first-order valence-electron chi connectivity index (χ1n) is 8.00. The van der Waals surface area contributed by atoms with Crippen molar-refractivity contribution in [2.45, 2.75) is 12.5 Å². The van der Waals surface area contributed by atoms with Gasteiger partial charge >= 0.3 is 0 Å². The Balaban J connectivity index is 0.00000576. The number of rotatable bonds is 11. The van der Waals surface area contributed by atoms with Gasteiger partial charge in [0.25, 0.3) is 0 Å². The average Bonchev–Trinajstić information content (AvgIpc) is 2.61. The van der Waals surface area contributed by atoms with E-state index in [2.05, 4.69) is 15.6 Å². The Morgan fingerprint density at radius 3 is 2.44 bits per heavy atom. The third-order valence-electron chi connectivity index (χ3n) is 3.39. The quantitative estimate of drug-likeness (QED) is 0.226. The summed E-state index contributed by atoms with van der Waals surface area (Å²) in [5, 5.41) is 6.42. The maximum Gasteiger partial charge on any atom is 0.191 e. The van der Waals surface area contributed by atoms with Crippen molar-refractivity contribution in [2.24, 2.45) is 4.99 Å². The van der Waals surface area contributed by atoms with Crippen LogP contribution in [0.2, 0.25) is 0 Å². The molecule has 144 valence electrons. The number of aliphatic imine (C=N–C) groups is 1. The van der Waals surface area contributed by atoms with Gasteiger partial charge in [0.1, 0.15) is 5.82 Å². The van der Waals surface area contributed by atoms with E-state index in [1.165, 1.54) is 12.1 Å². The van der Waals surface area contributed by atoms with Crippen molar-refractivity contribution in [3.8, 4) is 0 Å². The molecule has 0 aliphatic heterocycles. The Labute approximate surface area is 166 Å². The Morgan fingerprint density at radius 1 is 1.12 bits per heavy atom. The van der Waals surface area contributed by atoms with Crippen molar-refractivity contribution in [2.75, 3.05) is 54.2 Å². The van der Waals surface area contributed by atoms with Crippen LogP contribution in [0.25, 0.3) is 0 Å². The van der Waals surface area contributed by atoms with E-state index in [0.29, 0.717) is 32.3 Å². The van der Waals surface area contributed by atoms with E-state index in [-0.39, 0.29) is 35.9 Å². The van der Waals surface area contributed by atoms with Crippen LogP contribution in [0.5, 0.6) is 0 Å². The molecular weight excluding hydrogens is 440 g/mol. The Hall–Kier alpha value is -0.970. The number of nitrogens with one attached hydrogen (secondary N) is 2. The third kappa shape index (κ3) is 10.6. The van der Waals surface area contributed by atoms with Crippen molar-refractivity contribution in [1.29, 1.82) is 0 Å². The number of hydrogen-bond acceptors (Lipinski definition) is 4. The lowest BCUT2D eigenvalue weighted by molar-refractivity contribution is 0.0698. The molecule has 0 saturated heterocycles. The molecule has 0 aliphatic rings. The van der Waals surface area contributed by atoms with E-state index in [0.717, 1.165) is 18.5 Å². The summed E-state index contributed by atoms with van der Waals surface area (Å²) >= 11 is 0. The van der Waals surface area contributed by atoms with Crippen LogP contribution in [-0.4, -0.2) is 60.1 Å². The molecule has 0 saturated carbocycles. The summed E-state index contributed by atoms with van der Waals surface area (Å²) in [6, 6.07) is 6.30. The van der Waals surface area contributed by atoms with E-state index >= 15 is 0 Å². The largest absolute Gasteiger partial charge is 0.382 e. The molecule has 0 heterocycles. The van der Waals surface area contributed by atoms with E-state index in [9.17, 15) is 4.39 Å². The number of methoxy groups -OCH3 is 2. The van der Waals surface area contributed by atoms with Gasteiger partial charge in [-0.3, -0.25) is 4.99 Å². The fraction of sp³-hybridized carbons (Fsp3) is 0.588. The molecule has 0 aliphatic carbocycles. The number of benzene rings is 1. The predicted octanol–water partition coefficient (Wildman–Crippen LogP) is 2.35. The SMILES string of the molecule is CN=C(NCCCOCCOC)NCC(OC)c1ccc(F)cc1.I. The third-order valence-corrected chi connectivity index (χ3v) is 3.39. The summed E-state index contributed by atoms with van der Waals surface area (Å²) in [6.45, 7) is 3.17. The average molecular weight is 469 g/mol. The van der Waals surface area contributed by atoms with Gasteiger partial charge in [0.05, 0.1) is 19.3 Å². The van der Waals surface area contributed by atoms with Crippen LogP contribution in [0.3, 0.4) is 0 Å². The highest BCUT2D eigenvalue weighted by atomic mass is 127. The van der Waals surface area contributed by atoms with Gasteiger partial charge < -0.3 is 24.8 Å². The van der Waals surface area contributed by atoms with Gasteiger partial charge in [0.2, 0.25) is 0 Å². The standard InChI is InChI=1S/C17H28FN3O3.HI/c1-19-17(20-9-4-10-24-12-11-22-2)21-13-16(23-3)14-5-7-15(18)8-6-14;/h5-8,16H,4,9-13H2,1-3H3,(H2,19,20,21);1H. The minimum Gasteiger partial charge on any atom is -0.382 e. The summed E-state index contributed by atoms with van der Waals surface area (Å²) in [6.07, 6.45) is 0.692. The zero-order chi connectivity index (χ0) is 17.6. The van der Waals surface area contributed by atoms with Crippen LogP contribution in [0.15, 0.2) is 29.3 Å². The number of nitrogens with zero attached hydrogens (tertiary/aromatic N) is 1. The van der Waals surface area contributed by atoms with Crippen LogP contribution in [0, 0.1) is 5.82 Å². The molecule has 1 unspecified atom stereocenters. The summed E-state index contributed by atoms with van der Waals surface area (Å²) in [4.78, 5) is 4.17. The van der Waals surface area contributed by atoms with E-state index in [4.69, 9.17) is 14.2 Å². The molecule has 1 rings (SSSR count). The zero-order valence-electron chi connectivity index (χ0n) is 15.1. The molecule has 1 aromatic rings. The van der Waals surface area contributed by atoms with Gasteiger partial charge in [-0.2, -0.15) is 0 Å². The topological polar surface area (TPSA) is 64.1 Å². The Bertz CT molecular complexity index is 475. The van der Waals surface area contributed by atoms with Crippen molar-refractivity contribution < 1.29 is 18.6 Å². The zero-order valence-corrected chi connectivity index (χ0v) is 17.4. The van der Waals surface area contributed by atoms with Gasteiger partial charge in [0.15, 0.2) is 5.96 Å². The molecule has 2 N–H and O–H groups in total. The monoisotopic (exact) mass is 469 g/mol. The van der Waals surface area contributed by atoms with Crippen LogP contribution < -0.4 is 10.6 Å². The second kappa shape index (κ2) is 15.3. The minimum atomic E-state index is -0.258. The number of hydrogen-bond donors (Lipinski definition) is 2. The molecule has 0 aromatic heterocycles. The summed E-state index contributed by atoms with van der Waals surface area (Å²) in [5.74, 6) is 0.433. The molecule has 0 radical (unpaired) electrons. The van der Waals surface area contributed by atoms with Crippen LogP contribution in [-0.2, 0) is 14.2 Å². The lowest BCUT2D eigenvalue weighted by atomic mass is 10.1. The maximum absolute atomic E-state index is 13.0. The smallest absolute Gasteiger partial charge is 0.191 e. The molecule has 1 atom stereocenters. The highest BCUT2D eigenvalue weighted by Gasteiger charge is 2.11. The maximum atomic E-state index is 13.0. The highest BCUT2D eigenvalue weighted by molar-refractivity contribution is 14.0. The van der Waals surface area contributed by atoms with Crippen LogP contribution in [0.1, 0.15) is 18.1 Å². The highest BCUT2D eigenvalue weighted by Crippen LogP contribution is 2.15. The van der Waals surface area contributed by atoms with Crippen molar-refractivity contribution in [3.63, 3.8) is 0 Å². The molecule has 0 fully saturated rings. The fourth-order valence-electron chi connectivity index (χ4n) is 2.05. The summed E-state index contributed by atoms with van der Waals surface area (Å²) < 4.78 is 28.7. The molecule has 0 spiro atoms. The van der Waals surface area contributed by atoms with Gasteiger partial charge in [-0.15, -0.1) is 24.0 Å². The predicted molar refractivity (Wildman–Crippen MR) is 108 cm³/mol. The van der Waals surface area contributed by atoms with E-state index in [1.54, 1.807) is 33.4 Å². The first kappa shape index (κ1) is 24.0. The van der Waals surface area contributed by atoms with Crippen molar-refractivity contribution in [3.05, 3.63) is 35.6 Å².